The zero-order valence-corrected chi connectivity index (χ0v) is 21.5. The van der Waals surface area contributed by atoms with E-state index in [9.17, 15) is 14.0 Å². The minimum absolute atomic E-state index is 0.207. The number of hydrogen-bond donors (Lipinski definition) is 0. The van der Waals surface area contributed by atoms with Gasteiger partial charge in [0.1, 0.15) is 0 Å². The number of ether oxygens (including phenoxy) is 3. The van der Waals surface area contributed by atoms with Crippen molar-refractivity contribution in [2.45, 2.75) is 0 Å². The third-order valence-corrected chi connectivity index (χ3v) is 11.8. The number of amides is 1. The molecule has 0 saturated heterocycles. The van der Waals surface area contributed by atoms with Gasteiger partial charge in [0.2, 0.25) is 0 Å². The maximum absolute atomic E-state index is 13.3. The molecule has 0 N–H and O–H groups in total. The number of carbonyl (C=O) groups is 2. The van der Waals surface area contributed by atoms with Crippen molar-refractivity contribution in [2.24, 2.45) is 2.98 Å². The van der Waals surface area contributed by atoms with E-state index in [-0.39, 0.29) is 11.7 Å². The van der Waals surface area contributed by atoms with E-state index in [1.165, 1.54) is 19.2 Å². The van der Waals surface area contributed by atoms with Gasteiger partial charge in [-0.2, -0.15) is 0 Å². The van der Waals surface area contributed by atoms with Gasteiger partial charge in [-0.25, -0.2) is 0 Å². The van der Waals surface area contributed by atoms with E-state index in [4.69, 9.17) is 17.2 Å². The van der Waals surface area contributed by atoms with Crippen molar-refractivity contribution in [1.29, 1.82) is 0 Å². The van der Waals surface area contributed by atoms with Crippen LogP contribution >= 0.6 is 0 Å². The zero-order chi connectivity index (χ0) is 23.1. The quantitative estimate of drug-likeness (QED) is 0.360. The summed E-state index contributed by atoms with van der Waals surface area (Å²) < 4.78 is 35.1. The monoisotopic (exact) mass is 542 g/mol. The van der Waals surface area contributed by atoms with Crippen LogP contribution in [0, 0.1) is 5.82 Å². The van der Waals surface area contributed by atoms with Gasteiger partial charge < -0.3 is 0 Å². The molecular weight excluding hydrogens is 518 g/mol. The SMILES string of the molecule is COCCO[CH2][In]1[N]=C(c2ccc(F)cc2)C=[C]1N(C)C(=O)c1ccc(C(=O)OC)cc1. The Morgan fingerprint density at radius 3 is 2.28 bits per heavy atom. The van der Waals surface area contributed by atoms with Gasteiger partial charge in [0.25, 0.3) is 0 Å². The van der Waals surface area contributed by atoms with Crippen LogP contribution in [0.4, 0.5) is 4.39 Å². The van der Waals surface area contributed by atoms with Gasteiger partial charge in [0.05, 0.1) is 0 Å². The predicted molar refractivity (Wildman–Crippen MR) is 119 cm³/mol. The molecule has 1 amide bonds. The second-order valence-electron chi connectivity index (χ2n) is 7.11. The number of esters is 1. The zero-order valence-electron chi connectivity index (χ0n) is 18.2. The van der Waals surface area contributed by atoms with Crippen molar-refractivity contribution < 1.29 is 28.2 Å². The number of nitrogens with zero attached hydrogens (tertiary/aromatic N) is 2. The fraction of sp³-hybridized carbons (Fsp3) is 0.261. The Morgan fingerprint density at radius 1 is 1.00 bits per heavy atom. The van der Waals surface area contributed by atoms with Gasteiger partial charge in [0.15, 0.2) is 0 Å². The predicted octanol–water partition coefficient (Wildman–Crippen LogP) is 2.80. The second kappa shape index (κ2) is 11.4. The van der Waals surface area contributed by atoms with E-state index < -0.39 is 27.7 Å². The molecule has 166 valence electrons. The minimum atomic E-state index is -2.87. The normalized spacial score (nSPS) is 12.9. The third kappa shape index (κ3) is 5.85. The van der Waals surface area contributed by atoms with Crippen LogP contribution < -0.4 is 0 Å². The van der Waals surface area contributed by atoms with Crippen molar-refractivity contribution in [1.82, 2.24) is 4.90 Å². The summed E-state index contributed by atoms with van der Waals surface area (Å²) in [5.74, 6) is -0.985. The van der Waals surface area contributed by atoms with Gasteiger partial charge in [-0.1, -0.05) is 0 Å². The van der Waals surface area contributed by atoms with Crippen molar-refractivity contribution in [3.8, 4) is 0 Å². The molecule has 9 heteroatoms. The van der Waals surface area contributed by atoms with Gasteiger partial charge in [-0.05, 0) is 0 Å². The number of allylic oxidation sites excluding steroid dienone is 1. The van der Waals surface area contributed by atoms with Crippen molar-refractivity contribution in [2.75, 3.05) is 38.8 Å². The molecule has 1 aliphatic rings. The molecule has 0 aromatic heterocycles. The molecule has 0 spiro atoms. The van der Waals surface area contributed by atoms with Gasteiger partial charge >= 0.3 is 195 Å². The molecule has 1 heterocycles. The summed E-state index contributed by atoms with van der Waals surface area (Å²) in [6.45, 7) is 0.929. The average molecular weight is 542 g/mol. The molecule has 2 aromatic rings. The van der Waals surface area contributed by atoms with Crippen LogP contribution in [0.25, 0.3) is 0 Å². The Morgan fingerprint density at radius 2 is 1.66 bits per heavy atom. The second-order valence-corrected chi connectivity index (χ2v) is 13.4. The van der Waals surface area contributed by atoms with E-state index in [0.717, 1.165) is 14.7 Å². The van der Waals surface area contributed by atoms with Crippen molar-refractivity contribution in [3.05, 3.63) is 80.6 Å². The van der Waals surface area contributed by atoms with Gasteiger partial charge in [0, 0.05) is 0 Å². The summed E-state index contributed by atoms with van der Waals surface area (Å²) in [7, 11) is 4.63. The number of benzene rings is 2. The molecule has 0 unspecified atom stereocenters. The molecule has 0 atom stereocenters. The van der Waals surface area contributed by atoms with Crippen molar-refractivity contribution >= 4 is 39.3 Å². The standard InChI is InChI=1S/C19H15FN2O3.C4H9O2.In/c1-22(12-11-17(21)13-7-9-16(20)10-8-13)18(23)14-3-5-15(6-4-14)19(24)25-2;1-5-3-4-6-2;/h3-11H,1-2H3;1,3-4H2,2H3;/q-1;;+1. The number of carbonyl (C=O) groups excluding carboxylic acids is 2. The summed E-state index contributed by atoms with van der Waals surface area (Å²) in [4.78, 5) is 26.4. The van der Waals surface area contributed by atoms with Crippen LogP contribution in [0.5, 0.6) is 0 Å². The topological polar surface area (TPSA) is 77.4 Å². The fourth-order valence-electron chi connectivity index (χ4n) is 3.24. The Balaban J connectivity index is 1.82. The molecule has 2 aromatic carbocycles. The van der Waals surface area contributed by atoms with Crippen LogP contribution in [-0.4, -0.2) is 83.1 Å². The Kier molecular flexibility index (Phi) is 8.60. The maximum atomic E-state index is 13.3. The molecule has 7 nitrogen and oxygen atoms in total. The van der Waals surface area contributed by atoms with Crippen molar-refractivity contribution in [3.63, 3.8) is 0 Å². The summed E-state index contributed by atoms with van der Waals surface area (Å²) in [5.41, 5.74) is 2.35. The van der Waals surface area contributed by atoms with Gasteiger partial charge in [-0.3, -0.25) is 0 Å². The molecule has 0 bridgehead atoms. The molecule has 1 aliphatic heterocycles. The molecule has 0 saturated carbocycles. The molecule has 0 fully saturated rings. The molecule has 0 aliphatic carbocycles. The van der Waals surface area contributed by atoms with Gasteiger partial charge in [-0.15, -0.1) is 0 Å². The summed E-state index contributed by atoms with van der Waals surface area (Å²) in [6, 6.07) is 12.5. The summed E-state index contributed by atoms with van der Waals surface area (Å²) in [5, 5.41) is 0. The summed E-state index contributed by atoms with van der Waals surface area (Å²) >= 11 is -2.87. The first kappa shape index (κ1) is 24.2. The van der Waals surface area contributed by atoms with E-state index in [2.05, 4.69) is 0 Å². The molecule has 3 rings (SSSR count). The van der Waals surface area contributed by atoms with E-state index in [1.807, 2.05) is 6.08 Å². The van der Waals surface area contributed by atoms with Crippen LogP contribution in [0.1, 0.15) is 26.3 Å². The first-order valence-electron chi connectivity index (χ1n) is 10.0. The fourth-order valence-corrected chi connectivity index (χ4v) is 9.64. The molecule has 32 heavy (non-hydrogen) atoms. The number of halogens is 1. The summed E-state index contributed by atoms with van der Waals surface area (Å²) in [6.07, 6.45) is 1.90. The number of rotatable bonds is 9. The van der Waals surface area contributed by atoms with E-state index >= 15 is 0 Å². The number of methoxy groups -OCH3 is 2. The Hall–Kier alpha value is -2.49. The van der Waals surface area contributed by atoms with E-state index in [0.29, 0.717) is 28.7 Å². The van der Waals surface area contributed by atoms with Crippen LogP contribution in [0.3, 0.4) is 0 Å². The van der Waals surface area contributed by atoms with Crippen LogP contribution in [0.15, 0.2) is 61.0 Å². The van der Waals surface area contributed by atoms with Crippen LogP contribution in [-0.2, 0) is 14.2 Å². The third-order valence-electron chi connectivity index (χ3n) is 5.01. The first-order chi connectivity index (χ1) is 15.4. The average Bonchev–Trinajstić information content (AvgIpc) is 3.25. The Bertz CT molecular complexity index is 1020. The van der Waals surface area contributed by atoms with Crippen LogP contribution in [0.2, 0.25) is 0 Å². The van der Waals surface area contributed by atoms with E-state index in [1.54, 1.807) is 55.5 Å². The molecular formula is C23H24FInN2O5. The first-order valence-corrected chi connectivity index (χ1v) is 15.5. The number of hydrogen-bond acceptors (Lipinski definition) is 6. The molecule has 0 radical (unpaired) electrons. The Labute approximate surface area is 194 Å².